The smallest absolute Gasteiger partial charge is 0.221 e. The van der Waals surface area contributed by atoms with Gasteiger partial charge in [0.2, 0.25) is 5.91 Å². The minimum absolute atomic E-state index is 0.0451. The van der Waals surface area contributed by atoms with Gasteiger partial charge in [0.25, 0.3) is 0 Å². The monoisotopic (exact) mass is 409 g/mol. The Hall–Kier alpha value is -1.55. The van der Waals surface area contributed by atoms with E-state index < -0.39 is 0 Å². The average molecular weight is 410 g/mol. The molecule has 1 aromatic heterocycles. The van der Waals surface area contributed by atoms with Gasteiger partial charge in [0.15, 0.2) is 0 Å². The van der Waals surface area contributed by atoms with Crippen molar-refractivity contribution in [1.29, 1.82) is 0 Å². The number of hydrogen-bond donors (Lipinski definition) is 2. The lowest BCUT2D eigenvalue weighted by Gasteiger charge is -2.36. The van der Waals surface area contributed by atoms with Crippen LogP contribution in [0.15, 0.2) is 6.20 Å². The van der Waals surface area contributed by atoms with Crippen molar-refractivity contribution in [3.05, 3.63) is 11.9 Å². The van der Waals surface area contributed by atoms with E-state index in [0.29, 0.717) is 19.6 Å². The van der Waals surface area contributed by atoms with Crippen LogP contribution < -0.4 is 5.32 Å². The maximum atomic E-state index is 12.4. The van der Waals surface area contributed by atoms with Crippen LogP contribution in [0, 0.1) is 0 Å². The van der Waals surface area contributed by atoms with Crippen molar-refractivity contribution in [2.24, 2.45) is 0 Å². The number of piperidine rings is 1. The summed E-state index contributed by atoms with van der Waals surface area (Å²) in [7, 11) is 1.63. The number of likely N-dealkylation sites (tertiary alicyclic amines) is 1. The first-order chi connectivity index (χ1) is 14.2. The Morgan fingerprint density at radius 3 is 2.90 bits per heavy atom. The number of aryl methyl sites for hydroxylation is 1. The number of hydrogen-bond acceptors (Lipinski definition) is 7. The lowest BCUT2D eigenvalue weighted by Crippen LogP contribution is -2.51. The molecule has 2 aliphatic heterocycles. The van der Waals surface area contributed by atoms with E-state index in [2.05, 4.69) is 20.5 Å². The van der Waals surface area contributed by atoms with Crippen molar-refractivity contribution in [3.8, 4) is 0 Å². The zero-order valence-electron chi connectivity index (χ0n) is 17.5. The minimum atomic E-state index is -0.354. The molecule has 0 aromatic carbocycles. The Kier molecular flexibility index (Phi) is 8.85. The van der Waals surface area contributed by atoms with Crippen LogP contribution in [0.1, 0.15) is 50.6 Å². The van der Waals surface area contributed by atoms with E-state index in [1.807, 2.05) is 6.20 Å². The molecule has 3 atom stereocenters. The van der Waals surface area contributed by atoms with Gasteiger partial charge in [0, 0.05) is 26.6 Å². The molecule has 2 aliphatic rings. The van der Waals surface area contributed by atoms with Crippen LogP contribution in [0.2, 0.25) is 0 Å². The molecule has 164 valence electrons. The zero-order chi connectivity index (χ0) is 20.5. The van der Waals surface area contributed by atoms with Crippen LogP contribution in [0.25, 0.3) is 0 Å². The van der Waals surface area contributed by atoms with Gasteiger partial charge in [0.05, 0.1) is 31.6 Å². The second-order valence-corrected chi connectivity index (χ2v) is 8.08. The SMILES string of the molecule is COCc1cn(CC[C@@H]2CC[C@H](NC(=O)CCN3CCCCC3)[C@@H](CO)O2)nn1. The van der Waals surface area contributed by atoms with Crippen molar-refractivity contribution < 1.29 is 19.4 Å². The summed E-state index contributed by atoms with van der Waals surface area (Å²) in [6.07, 6.45) is 8.30. The molecule has 2 fully saturated rings. The molecule has 3 rings (SSSR count). The molecule has 0 aliphatic carbocycles. The van der Waals surface area contributed by atoms with E-state index >= 15 is 0 Å². The number of nitrogens with zero attached hydrogens (tertiary/aromatic N) is 4. The highest BCUT2D eigenvalue weighted by molar-refractivity contribution is 5.76. The van der Waals surface area contributed by atoms with Crippen LogP contribution in [0.4, 0.5) is 0 Å². The fraction of sp³-hybridized carbons (Fsp3) is 0.850. The zero-order valence-corrected chi connectivity index (χ0v) is 17.5. The Morgan fingerprint density at radius 1 is 1.31 bits per heavy atom. The number of aliphatic hydroxyl groups excluding tert-OH is 1. The second-order valence-electron chi connectivity index (χ2n) is 8.08. The molecule has 1 aromatic rings. The number of amides is 1. The lowest BCUT2D eigenvalue weighted by atomic mass is 9.97. The third-order valence-corrected chi connectivity index (χ3v) is 5.80. The summed E-state index contributed by atoms with van der Waals surface area (Å²) in [5.74, 6) is 0.0503. The Labute approximate surface area is 172 Å². The summed E-state index contributed by atoms with van der Waals surface area (Å²) >= 11 is 0. The standard InChI is InChI=1S/C20H35N5O4/c1-28-15-16-13-25(23-22-16)12-7-17-5-6-18(19(14-26)29-17)21-20(27)8-11-24-9-3-2-4-10-24/h13,17-19,26H,2-12,14-15H2,1H3,(H,21,27)/t17-,18-,19+/m0/s1. The summed E-state index contributed by atoms with van der Waals surface area (Å²) < 4.78 is 12.9. The highest BCUT2D eigenvalue weighted by atomic mass is 16.5. The van der Waals surface area contributed by atoms with Crippen LogP contribution in [0.5, 0.6) is 0 Å². The van der Waals surface area contributed by atoms with Crippen LogP contribution >= 0.6 is 0 Å². The summed E-state index contributed by atoms with van der Waals surface area (Å²) in [4.78, 5) is 14.7. The fourth-order valence-corrected chi connectivity index (χ4v) is 4.17. The molecule has 0 bridgehead atoms. The number of aromatic nitrogens is 3. The molecule has 0 unspecified atom stereocenters. The van der Waals surface area contributed by atoms with Gasteiger partial charge >= 0.3 is 0 Å². The second kappa shape index (κ2) is 11.6. The predicted octanol–water partition coefficient (Wildman–Crippen LogP) is 0.715. The third kappa shape index (κ3) is 7.02. The molecule has 2 saturated heterocycles. The van der Waals surface area contributed by atoms with E-state index in [0.717, 1.165) is 44.6 Å². The summed E-state index contributed by atoms with van der Waals surface area (Å²) in [5.41, 5.74) is 0.803. The maximum Gasteiger partial charge on any atom is 0.221 e. The molecule has 9 heteroatoms. The average Bonchev–Trinajstić information content (AvgIpc) is 3.20. The summed E-state index contributed by atoms with van der Waals surface area (Å²) in [6.45, 7) is 4.07. The van der Waals surface area contributed by atoms with Gasteiger partial charge in [-0.3, -0.25) is 9.48 Å². The van der Waals surface area contributed by atoms with E-state index in [9.17, 15) is 9.90 Å². The lowest BCUT2D eigenvalue weighted by molar-refractivity contribution is -0.129. The normalized spacial score (nSPS) is 25.8. The van der Waals surface area contributed by atoms with E-state index in [1.165, 1.54) is 19.3 Å². The Morgan fingerprint density at radius 2 is 2.14 bits per heavy atom. The van der Waals surface area contributed by atoms with Gasteiger partial charge in [0.1, 0.15) is 11.8 Å². The first-order valence-electron chi connectivity index (χ1n) is 10.8. The van der Waals surface area contributed by atoms with Crippen molar-refractivity contribution in [2.75, 3.05) is 33.4 Å². The minimum Gasteiger partial charge on any atom is -0.394 e. The number of aliphatic hydroxyl groups is 1. The highest BCUT2D eigenvalue weighted by Crippen LogP contribution is 2.22. The number of ether oxygens (including phenoxy) is 2. The summed E-state index contributed by atoms with van der Waals surface area (Å²) in [6, 6.07) is -0.121. The van der Waals surface area contributed by atoms with Gasteiger partial charge in [-0.05, 0) is 45.2 Å². The number of methoxy groups -OCH3 is 1. The quantitative estimate of drug-likeness (QED) is 0.587. The van der Waals surface area contributed by atoms with Crippen LogP contribution in [0.3, 0.4) is 0 Å². The Bertz CT molecular complexity index is 620. The molecule has 2 N–H and O–H groups in total. The van der Waals surface area contributed by atoms with Crippen molar-refractivity contribution >= 4 is 5.91 Å². The van der Waals surface area contributed by atoms with Crippen molar-refractivity contribution in [2.45, 2.75) is 76.3 Å². The molecule has 9 nitrogen and oxygen atoms in total. The molecule has 0 saturated carbocycles. The Balaban J connectivity index is 1.38. The van der Waals surface area contributed by atoms with E-state index in [4.69, 9.17) is 9.47 Å². The van der Waals surface area contributed by atoms with Gasteiger partial charge in [-0.1, -0.05) is 11.6 Å². The van der Waals surface area contributed by atoms with Crippen molar-refractivity contribution in [1.82, 2.24) is 25.2 Å². The number of rotatable bonds is 10. The van der Waals surface area contributed by atoms with Crippen molar-refractivity contribution in [3.63, 3.8) is 0 Å². The van der Waals surface area contributed by atoms with Crippen LogP contribution in [-0.2, 0) is 27.4 Å². The van der Waals surface area contributed by atoms with E-state index in [1.54, 1.807) is 11.8 Å². The topological polar surface area (TPSA) is 102 Å². The predicted molar refractivity (Wildman–Crippen MR) is 107 cm³/mol. The maximum absolute atomic E-state index is 12.4. The molecule has 3 heterocycles. The molecule has 0 radical (unpaired) electrons. The third-order valence-electron chi connectivity index (χ3n) is 5.80. The van der Waals surface area contributed by atoms with Gasteiger partial charge in [-0.25, -0.2) is 0 Å². The first kappa shape index (κ1) is 22.1. The molecule has 0 spiro atoms. The van der Waals surface area contributed by atoms with Gasteiger partial charge < -0.3 is 24.8 Å². The highest BCUT2D eigenvalue weighted by Gasteiger charge is 2.31. The summed E-state index contributed by atoms with van der Waals surface area (Å²) in [5, 5.41) is 21.0. The fourth-order valence-electron chi connectivity index (χ4n) is 4.17. The number of carbonyl (C=O) groups excluding carboxylic acids is 1. The molecule has 29 heavy (non-hydrogen) atoms. The van der Waals surface area contributed by atoms with Gasteiger partial charge in [-0.2, -0.15) is 0 Å². The molecule has 1 amide bonds. The molecular formula is C20H35N5O4. The molecular weight excluding hydrogens is 374 g/mol. The van der Waals surface area contributed by atoms with Crippen LogP contribution in [-0.4, -0.2) is 82.5 Å². The number of nitrogens with one attached hydrogen (secondary N) is 1. The number of carbonyl (C=O) groups is 1. The largest absolute Gasteiger partial charge is 0.394 e. The van der Waals surface area contributed by atoms with Gasteiger partial charge in [-0.15, -0.1) is 5.10 Å². The first-order valence-corrected chi connectivity index (χ1v) is 10.8. The van der Waals surface area contributed by atoms with E-state index in [-0.39, 0.29) is 30.8 Å².